The highest BCUT2D eigenvalue weighted by atomic mass is 32.2. The molecule has 0 saturated carbocycles. The van der Waals surface area contributed by atoms with Crippen molar-refractivity contribution in [2.45, 2.75) is 23.1 Å². The third-order valence-electron chi connectivity index (χ3n) is 3.15. The topological polar surface area (TPSA) is 120 Å². The smallest absolute Gasteiger partial charge is 0.335 e. The molecule has 0 fully saturated rings. The normalized spacial score (nSPS) is 10.9. The number of anilines is 1. The Balaban J connectivity index is 2.18. The number of sulfonamides is 1. The predicted octanol–water partition coefficient (Wildman–Crippen LogP) is 2.51. The zero-order valence-electron chi connectivity index (χ0n) is 15.1. The van der Waals surface area contributed by atoms with Crippen LogP contribution >= 0.6 is 11.8 Å². The first-order valence-electron chi connectivity index (χ1n) is 7.92. The van der Waals surface area contributed by atoms with Crippen LogP contribution in [0.1, 0.15) is 13.3 Å². The molecule has 1 aromatic carbocycles. The number of ether oxygens (including phenoxy) is 2. The third kappa shape index (κ3) is 5.73. The summed E-state index contributed by atoms with van der Waals surface area (Å²) < 4.78 is 37.1. The van der Waals surface area contributed by atoms with E-state index in [0.29, 0.717) is 4.90 Å². The molecule has 9 nitrogen and oxygen atoms in total. The molecule has 0 radical (unpaired) electrons. The Bertz CT molecular complexity index is 883. The standard InChI is InChI=1S/C16H20N4O5S2/c1-4-9-26-11-7-5-6-8-12(11)27(22,23)20-16(21)19-15-17-13(24-2)10-14(18-15)25-3/h5-8,10H,4,9H2,1-3H3,(H2,17,18,19,20,21). The lowest BCUT2D eigenvalue weighted by atomic mass is 10.4. The third-order valence-corrected chi connectivity index (χ3v) is 5.95. The number of hydrogen-bond acceptors (Lipinski definition) is 8. The summed E-state index contributed by atoms with van der Waals surface area (Å²) in [6, 6.07) is 6.90. The first-order chi connectivity index (χ1) is 12.9. The molecule has 2 amide bonds. The highest BCUT2D eigenvalue weighted by Gasteiger charge is 2.22. The van der Waals surface area contributed by atoms with Crippen LogP contribution in [0.2, 0.25) is 0 Å². The van der Waals surface area contributed by atoms with Crippen molar-refractivity contribution in [1.29, 1.82) is 0 Å². The van der Waals surface area contributed by atoms with Crippen molar-refractivity contribution in [2.75, 3.05) is 25.3 Å². The van der Waals surface area contributed by atoms with Gasteiger partial charge in [-0.25, -0.2) is 17.9 Å². The number of urea groups is 1. The summed E-state index contributed by atoms with van der Waals surface area (Å²) in [6.07, 6.45) is 0.891. The SMILES string of the molecule is CCCSc1ccccc1S(=O)(=O)NC(=O)Nc1nc(OC)cc(OC)n1. The van der Waals surface area contributed by atoms with Crippen molar-refractivity contribution in [3.63, 3.8) is 0 Å². The van der Waals surface area contributed by atoms with Crippen LogP contribution in [0.25, 0.3) is 0 Å². The van der Waals surface area contributed by atoms with Crippen LogP contribution in [0.3, 0.4) is 0 Å². The second kappa shape index (κ2) is 9.42. The average Bonchev–Trinajstić information content (AvgIpc) is 2.65. The Morgan fingerprint density at radius 1 is 1.15 bits per heavy atom. The molecule has 0 aliphatic carbocycles. The number of aromatic nitrogens is 2. The molecule has 0 spiro atoms. The lowest BCUT2D eigenvalue weighted by molar-refractivity contribution is 0.256. The molecule has 0 atom stereocenters. The molecule has 0 bridgehead atoms. The lowest BCUT2D eigenvalue weighted by Gasteiger charge is -2.12. The Hall–Kier alpha value is -2.53. The summed E-state index contributed by atoms with van der Waals surface area (Å²) in [5.74, 6) is 0.908. The molecule has 11 heteroatoms. The van der Waals surface area contributed by atoms with Gasteiger partial charge in [-0.1, -0.05) is 19.1 Å². The van der Waals surface area contributed by atoms with E-state index in [-0.39, 0.29) is 22.6 Å². The van der Waals surface area contributed by atoms with Gasteiger partial charge >= 0.3 is 6.03 Å². The van der Waals surface area contributed by atoms with Gasteiger partial charge in [-0.2, -0.15) is 9.97 Å². The number of carbonyl (C=O) groups excluding carboxylic acids is 1. The van der Waals surface area contributed by atoms with E-state index in [1.54, 1.807) is 18.2 Å². The number of methoxy groups -OCH3 is 2. The van der Waals surface area contributed by atoms with E-state index in [4.69, 9.17) is 9.47 Å². The van der Waals surface area contributed by atoms with E-state index in [9.17, 15) is 13.2 Å². The molecule has 1 aromatic heterocycles. The number of hydrogen-bond donors (Lipinski definition) is 2. The molecule has 27 heavy (non-hydrogen) atoms. The van der Waals surface area contributed by atoms with Crippen LogP contribution in [0.4, 0.5) is 10.7 Å². The van der Waals surface area contributed by atoms with Gasteiger partial charge in [-0.3, -0.25) is 5.32 Å². The van der Waals surface area contributed by atoms with Gasteiger partial charge in [-0.05, 0) is 24.3 Å². The molecule has 146 valence electrons. The fourth-order valence-electron chi connectivity index (χ4n) is 1.98. The molecule has 0 unspecified atom stereocenters. The number of benzene rings is 1. The molecule has 2 aromatic rings. The summed E-state index contributed by atoms with van der Waals surface area (Å²) in [6.45, 7) is 2.00. The number of nitrogens with one attached hydrogen (secondary N) is 2. The summed E-state index contributed by atoms with van der Waals surface area (Å²) in [7, 11) is -1.29. The van der Waals surface area contributed by atoms with E-state index in [1.165, 1.54) is 38.1 Å². The summed E-state index contributed by atoms with van der Waals surface area (Å²) in [4.78, 5) is 20.6. The van der Waals surface area contributed by atoms with Gasteiger partial charge in [0, 0.05) is 4.90 Å². The van der Waals surface area contributed by atoms with Crippen molar-refractivity contribution in [3.8, 4) is 11.8 Å². The minimum Gasteiger partial charge on any atom is -0.481 e. The van der Waals surface area contributed by atoms with Crippen molar-refractivity contribution in [1.82, 2.24) is 14.7 Å². The van der Waals surface area contributed by atoms with E-state index in [1.807, 2.05) is 11.6 Å². The second-order valence-corrected chi connectivity index (χ2v) is 7.92. The van der Waals surface area contributed by atoms with Gasteiger partial charge in [-0.15, -0.1) is 11.8 Å². The van der Waals surface area contributed by atoms with Crippen LogP contribution in [-0.2, 0) is 10.0 Å². The fourth-order valence-corrected chi connectivity index (χ4v) is 4.29. The van der Waals surface area contributed by atoms with Crippen molar-refractivity contribution in [3.05, 3.63) is 30.3 Å². The zero-order valence-corrected chi connectivity index (χ0v) is 16.7. The quantitative estimate of drug-likeness (QED) is 0.635. The second-order valence-electron chi connectivity index (χ2n) is 5.13. The monoisotopic (exact) mass is 412 g/mol. The first kappa shape index (κ1) is 20.8. The Morgan fingerprint density at radius 2 is 1.78 bits per heavy atom. The molecule has 2 N–H and O–H groups in total. The van der Waals surface area contributed by atoms with Gasteiger partial charge in [0.25, 0.3) is 10.0 Å². The molecule has 1 heterocycles. The summed E-state index contributed by atoms with van der Waals surface area (Å²) in [5.41, 5.74) is 0. The van der Waals surface area contributed by atoms with Crippen molar-refractivity contribution >= 4 is 33.8 Å². The molecule has 0 aliphatic heterocycles. The van der Waals surface area contributed by atoms with Gasteiger partial charge in [0.15, 0.2) is 0 Å². The van der Waals surface area contributed by atoms with Crippen LogP contribution in [0.15, 0.2) is 40.1 Å². The van der Waals surface area contributed by atoms with Crippen LogP contribution in [-0.4, -0.2) is 44.4 Å². The summed E-state index contributed by atoms with van der Waals surface area (Å²) >= 11 is 1.41. The van der Waals surface area contributed by atoms with Crippen molar-refractivity contribution < 1.29 is 22.7 Å². The Kier molecular flexibility index (Phi) is 7.25. The van der Waals surface area contributed by atoms with E-state index < -0.39 is 16.1 Å². The minimum absolute atomic E-state index is 0.0303. The van der Waals surface area contributed by atoms with Gasteiger partial charge in [0.05, 0.1) is 20.3 Å². The maximum absolute atomic E-state index is 12.6. The lowest BCUT2D eigenvalue weighted by Crippen LogP contribution is -2.35. The zero-order chi connectivity index (χ0) is 19.9. The highest BCUT2D eigenvalue weighted by Crippen LogP contribution is 2.26. The van der Waals surface area contributed by atoms with Crippen LogP contribution < -0.4 is 19.5 Å². The molecule has 0 aliphatic rings. The van der Waals surface area contributed by atoms with Crippen molar-refractivity contribution in [2.24, 2.45) is 0 Å². The predicted molar refractivity (Wildman–Crippen MR) is 102 cm³/mol. The van der Waals surface area contributed by atoms with E-state index >= 15 is 0 Å². The Morgan fingerprint density at radius 3 is 2.37 bits per heavy atom. The molecular weight excluding hydrogens is 392 g/mol. The fraction of sp³-hybridized carbons (Fsp3) is 0.312. The summed E-state index contributed by atoms with van der Waals surface area (Å²) in [5, 5.41) is 2.26. The van der Waals surface area contributed by atoms with Crippen LogP contribution in [0.5, 0.6) is 11.8 Å². The number of carbonyl (C=O) groups is 1. The van der Waals surface area contributed by atoms with Gasteiger partial charge in [0.1, 0.15) is 4.90 Å². The number of nitrogens with zero attached hydrogens (tertiary/aromatic N) is 2. The van der Waals surface area contributed by atoms with Gasteiger partial charge < -0.3 is 9.47 Å². The van der Waals surface area contributed by atoms with E-state index in [0.717, 1.165) is 12.2 Å². The largest absolute Gasteiger partial charge is 0.481 e. The number of thioether (sulfide) groups is 1. The highest BCUT2D eigenvalue weighted by molar-refractivity contribution is 8.00. The molecule has 2 rings (SSSR count). The first-order valence-corrected chi connectivity index (χ1v) is 10.4. The van der Waals surface area contributed by atoms with E-state index in [2.05, 4.69) is 15.3 Å². The molecular formula is C16H20N4O5S2. The van der Waals surface area contributed by atoms with Crippen LogP contribution in [0, 0.1) is 0 Å². The molecule has 0 saturated heterocycles. The maximum atomic E-state index is 12.6. The minimum atomic E-state index is -4.07. The average molecular weight is 412 g/mol. The maximum Gasteiger partial charge on any atom is 0.335 e. The van der Waals surface area contributed by atoms with Gasteiger partial charge in [0.2, 0.25) is 17.7 Å². The number of rotatable bonds is 8. The number of amides is 2. The Labute approximate surface area is 161 Å².